The van der Waals surface area contributed by atoms with Gasteiger partial charge in [0.1, 0.15) is 0 Å². The van der Waals surface area contributed by atoms with Crippen molar-refractivity contribution < 1.29 is 4.79 Å². The first-order chi connectivity index (χ1) is 12.7. The lowest BCUT2D eigenvalue weighted by Crippen LogP contribution is -2.52. The Bertz CT molecular complexity index is 823. The number of fused-ring (bicyclic) bond motifs is 1. The maximum atomic E-state index is 13.1. The van der Waals surface area contributed by atoms with E-state index in [0.29, 0.717) is 22.9 Å². The van der Waals surface area contributed by atoms with E-state index in [1.54, 1.807) is 0 Å². The monoisotopic (exact) mass is 367 g/mol. The predicted molar refractivity (Wildman–Crippen MR) is 103 cm³/mol. The maximum absolute atomic E-state index is 13.1. The molecule has 2 saturated carbocycles. The number of benzene rings is 1. The zero-order valence-electron chi connectivity index (χ0n) is 14.5. The second kappa shape index (κ2) is 6.20. The fraction of sp³-hybridized carbons (Fsp3) is 0.381. The van der Waals surface area contributed by atoms with Crippen LogP contribution in [0.15, 0.2) is 54.4 Å². The smallest absolute Gasteiger partial charge is 0.264 e. The fourth-order valence-corrected chi connectivity index (χ4v) is 4.21. The topological polar surface area (TPSA) is 44.4 Å². The normalized spacial score (nSPS) is 24.1. The van der Waals surface area contributed by atoms with Gasteiger partial charge in [0.15, 0.2) is 6.17 Å². The number of carbonyl (C=O) groups excluding carboxylic acids is 1. The van der Waals surface area contributed by atoms with E-state index in [1.165, 1.54) is 25.7 Å². The molecule has 0 saturated heterocycles. The van der Waals surface area contributed by atoms with Gasteiger partial charge in [0.05, 0.1) is 11.4 Å². The first-order valence-corrected chi connectivity index (χ1v) is 9.79. The van der Waals surface area contributed by atoms with Crippen molar-refractivity contribution in [3.05, 3.63) is 65.0 Å². The molecule has 2 aliphatic carbocycles. The average molecular weight is 368 g/mol. The molecule has 4 nitrogen and oxygen atoms in total. The third-order valence-electron chi connectivity index (χ3n) is 5.64. The minimum absolute atomic E-state index is 0.0586. The average Bonchev–Trinajstić information content (AvgIpc) is 3.56. The molecule has 2 heterocycles. The van der Waals surface area contributed by atoms with Gasteiger partial charge < -0.3 is 15.5 Å². The van der Waals surface area contributed by atoms with Crippen molar-refractivity contribution in [3.8, 4) is 0 Å². The minimum atomic E-state index is -0.416. The third-order valence-corrected chi connectivity index (χ3v) is 5.87. The highest BCUT2D eigenvalue weighted by atomic mass is 35.5. The van der Waals surface area contributed by atoms with Gasteiger partial charge in [-0.3, -0.25) is 4.79 Å². The molecule has 1 amide bonds. The lowest BCUT2D eigenvalue weighted by atomic mass is 10.1. The second-order valence-electron chi connectivity index (χ2n) is 7.63. The van der Waals surface area contributed by atoms with Crippen molar-refractivity contribution in [2.24, 2.45) is 11.8 Å². The molecule has 2 aliphatic heterocycles. The molecule has 1 aromatic rings. The van der Waals surface area contributed by atoms with Crippen molar-refractivity contribution in [2.45, 2.75) is 37.9 Å². The van der Waals surface area contributed by atoms with Crippen molar-refractivity contribution in [1.29, 1.82) is 0 Å². The van der Waals surface area contributed by atoms with Gasteiger partial charge in [0.2, 0.25) is 0 Å². The van der Waals surface area contributed by atoms with Gasteiger partial charge in [-0.1, -0.05) is 29.8 Å². The van der Waals surface area contributed by atoms with Crippen molar-refractivity contribution in [3.63, 3.8) is 0 Å². The zero-order chi connectivity index (χ0) is 17.7. The number of hydrogen-bond donors (Lipinski definition) is 2. The summed E-state index contributed by atoms with van der Waals surface area (Å²) in [7, 11) is 0. The Kier molecular flexibility index (Phi) is 3.82. The zero-order valence-corrected chi connectivity index (χ0v) is 15.2. The molecule has 0 bridgehead atoms. The van der Waals surface area contributed by atoms with Crippen molar-refractivity contribution in [2.75, 3.05) is 0 Å². The molecule has 2 N–H and O–H groups in total. The molecule has 0 spiro atoms. The number of carbonyl (C=O) groups is 1. The minimum Gasteiger partial charge on any atom is -0.355 e. The lowest BCUT2D eigenvalue weighted by molar-refractivity contribution is -0.126. The summed E-state index contributed by atoms with van der Waals surface area (Å²) in [6.45, 7) is 0. The van der Waals surface area contributed by atoms with E-state index >= 15 is 0 Å². The van der Waals surface area contributed by atoms with Crippen molar-refractivity contribution >= 4 is 23.2 Å². The Morgan fingerprint density at radius 1 is 1.19 bits per heavy atom. The molecule has 0 radical (unpaired) electrons. The van der Waals surface area contributed by atoms with Gasteiger partial charge >= 0.3 is 0 Å². The van der Waals surface area contributed by atoms with Gasteiger partial charge in [-0.25, -0.2) is 0 Å². The second-order valence-corrected chi connectivity index (χ2v) is 8.07. The van der Waals surface area contributed by atoms with E-state index in [-0.39, 0.29) is 5.91 Å². The van der Waals surface area contributed by atoms with Crippen LogP contribution in [0.25, 0.3) is 5.70 Å². The van der Waals surface area contributed by atoms with Crippen LogP contribution in [0.5, 0.6) is 0 Å². The molecule has 134 valence electrons. The summed E-state index contributed by atoms with van der Waals surface area (Å²) in [5.41, 5.74) is 2.95. The highest BCUT2D eigenvalue weighted by molar-refractivity contribution is 6.30. The lowest BCUT2D eigenvalue weighted by Gasteiger charge is -2.27. The Balaban J connectivity index is 1.40. The third kappa shape index (κ3) is 2.92. The number of allylic oxidation sites excluding steroid dienone is 3. The number of amides is 1. The standard InChI is InChI=1S/C21H22ClN3O/c22-16-5-3-4-15(12-16)19-17-6-1-2-11-25(17)20(23-19)21(26)24-18(13-7-8-13)14-9-10-14/h1-6,11-14,18,20,23H,7-10H2,(H,24,26). The highest BCUT2D eigenvalue weighted by Gasteiger charge is 2.44. The van der Waals surface area contributed by atoms with Gasteiger partial charge in [0.25, 0.3) is 5.91 Å². The van der Waals surface area contributed by atoms with Crippen LogP contribution >= 0.6 is 11.6 Å². The molecule has 4 aliphatic rings. The van der Waals surface area contributed by atoms with E-state index in [1.807, 2.05) is 53.6 Å². The molecule has 1 aromatic carbocycles. The van der Waals surface area contributed by atoms with E-state index < -0.39 is 6.17 Å². The number of halogens is 1. The fourth-order valence-electron chi connectivity index (χ4n) is 4.01. The summed E-state index contributed by atoms with van der Waals surface area (Å²) in [5.74, 6) is 1.43. The first kappa shape index (κ1) is 16.0. The molecular formula is C21H22ClN3O. The Labute approximate surface area is 158 Å². The van der Waals surface area contributed by atoms with E-state index in [9.17, 15) is 4.79 Å². The van der Waals surface area contributed by atoms with Gasteiger partial charge in [-0.2, -0.15) is 0 Å². The highest BCUT2D eigenvalue weighted by Crippen LogP contribution is 2.44. The van der Waals surface area contributed by atoms with Crippen LogP contribution in [0.3, 0.4) is 0 Å². The summed E-state index contributed by atoms with van der Waals surface area (Å²) in [6.07, 6.45) is 12.6. The molecule has 1 atom stereocenters. The Morgan fingerprint density at radius 3 is 2.65 bits per heavy atom. The van der Waals surface area contributed by atoms with Crippen molar-refractivity contribution in [1.82, 2.24) is 15.5 Å². The quantitative estimate of drug-likeness (QED) is 0.835. The van der Waals surface area contributed by atoms with Gasteiger partial charge in [0, 0.05) is 22.8 Å². The van der Waals surface area contributed by atoms with Gasteiger partial charge in [-0.05, 0) is 61.8 Å². The Morgan fingerprint density at radius 2 is 1.96 bits per heavy atom. The molecule has 5 rings (SSSR count). The summed E-state index contributed by atoms with van der Waals surface area (Å²) >= 11 is 6.17. The molecule has 1 unspecified atom stereocenters. The molecule has 0 aromatic heterocycles. The van der Waals surface area contributed by atoms with Gasteiger partial charge in [-0.15, -0.1) is 0 Å². The Hall–Kier alpha value is -2.20. The molecule has 26 heavy (non-hydrogen) atoms. The summed E-state index contributed by atoms with van der Waals surface area (Å²) in [5, 5.41) is 7.47. The van der Waals surface area contributed by atoms with Crippen LogP contribution in [0.1, 0.15) is 31.2 Å². The molecule has 2 fully saturated rings. The molecular weight excluding hydrogens is 346 g/mol. The van der Waals surface area contributed by atoms with Crippen LogP contribution in [-0.2, 0) is 4.79 Å². The number of hydrogen-bond acceptors (Lipinski definition) is 3. The van der Waals surface area contributed by atoms with Crippen LogP contribution in [0.2, 0.25) is 5.02 Å². The maximum Gasteiger partial charge on any atom is 0.264 e. The van der Waals surface area contributed by atoms with Crippen LogP contribution < -0.4 is 10.6 Å². The molecule has 5 heteroatoms. The number of nitrogens with one attached hydrogen (secondary N) is 2. The predicted octanol–water partition coefficient (Wildman–Crippen LogP) is 3.63. The van der Waals surface area contributed by atoms with Crippen LogP contribution in [0.4, 0.5) is 0 Å². The van der Waals surface area contributed by atoms with Crippen LogP contribution in [0, 0.1) is 11.8 Å². The van der Waals surface area contributed by atoms with E-state index in [4.69, 9.17) is 11.6 Å². The SMILES string of the molecule is O=C(NC(C1CC1)C1CC1)C1NC(c2cccc(Cl)c2)=C2C=CC=CN21. The number of rotatable bonds is 5. The summed E-state index contributed by atoms with van der Waals surface area (Å²) in [4.78, 5) is 15.1. The number of nitrogens with zero attached hydrogens (tertiary/aromatic N) is 1. The van der Waals surface area contributed by atoms with E-state index in [0.717, 1.165) is 17.0 Å². The van der Waals surface area contributed by atoms with Crippen LogP contribution in [-0.4, -0.2) is 23.0 Å². The summed E-state index contributed by atoms with van der Waals surface area (Å²) < 4.78 is 0. The largest absolute Gasteiger partial charge is 0.355 e. The first-order valence-electron chi connectivity index (χ1n) is 9.41. The van der Waals surface area contributed by atoms with E-state index in [2.05, 4.69) is 10.6 Å². The summed E-state index contributed by atoms with van der Waals surface area (Å²) in [6, 6.07) is 8.09.